The van der Waals surface area contributed by atoms with E-state index in [0.717, 1.165) is 30.7 Å². The topological polar surface area (TPSA) is 62.6 Å². The zero-order chi connectivity index (χ0) is 17.6. The molecule has 5 nitrogen and oxygen atoms in total. The fraction of sp³-hybridized carbons (Fsp3) is 0.300. The molecule has 1 saturated heterocycles. The van der Waals surface area contributed by atoms with Crippen LogP contribution in [0.25, 0.3) is 0 Å². The van der Waals surface area contributed by atoms with Gasteiger partial charge in [0.15, 0.2) is 6.61 Å². The average Bonchev–Trinajstić information content (AvgIpc) is 3.16. The number of amides is 1. The molecule has 1 atom stereocenters. The van der Waals surface area contributed by atoms with Crippen molar-refractivity contribution in [3.63, 3.8) is 0 Å². The summed E-state index contributed by atoms with van der Waals surface area (Å²) in [6.07, 6.45) is 1.92. The molecule has 1 aliphatic heterocycles. The third-order valence-corrected chi connectivity index (χ3v) is 4.40. The van der Waals surface area contributed by atoms with Gasteiger partial charge in [-0.15, -0.1) is 0 Å². The van der Waals surface area contributed by atoms with Crippen LogP contribution in [-0.4, -0.2) is 31.1 Å². The Morgan fingerprint density at radius 3 is 2.76 bits per heavy atom. The summed E-state index contributed by atoms with van der Waals surface area (Å²) in [5.41, 5.74) is 1.65. The second-order valence-electron chi connectivity index (χ2n) is 5.95. The minimum Gasteiger partial charge on any atom is -0.497 e. The lowest BCUT2D eigenvalue weighted by Crippen LogP contribution is -2.34. The van der Waals surface area contributed by atoms with Crippen molar-refractivity contribution in [1.29, 1.82) is 5.26 Å². The van der Waals surface area contributed by atoms with Gasteiger partial charge in [0, 0.05) is 6.54 Å². The first-order chi connectivity index (χ1) is 12.2. The number of carbonyl (C=O) groups excluding carboxylic acids is 1. The second kappa shape index (κ2) is 7.71. The molecular weight excluding hydrogens is 316 g/mol. The van der Waals surface area contributed by atoms with Gasteiger partial charge in [-0.05, 0) is 54.8 Å². The predicted octanol–water partition coefficient (Wildman–Crippen LogP) is 3.31. The first-order valence-electron chi connectivity index (χ1n) is 8.27. The number of likely N-dealkylation sites (tertiary alicyclic amines) is 1. The van der Waals surface area contributed by atoms with Crippen LogP contribution in [0.2, 0.25) is 0 Å². The molecule has 0 aromatic heterocycles. The van der Waals surface area contributed by atoms with Gasteiger partial charge in [-0.25, -0.2) is 0 Å². The van der Waals surface area contributed by atoms with Crippen LogP contribution in [0.5, 0.6) is 11.5 Å². The van der Waals surface area contributed by atoms with Gasteiger partial charge in [0.25, 0.3) is 5.91 Å². The highest BCUT2D eigenvalue weighted by Gasteiger charge is 2.30. The Bertz CT molecular complexity index is 780. The number of carbonyl (C=O) groups is 1. The van der Waals surface area contributed by atoms with Crippen LogP contribution >= 0.6 is 0 Å². The number of benzene rings is 2. The molecule has 5 heteroatoms. The number of nitrogens with zero attached hydrogens (tertiary/aromatic N) is 2. The van der Waals surface area contributed by atoms with Crippen molar-refractivity contribution < 1.29 is 14.3 Å². The zero-order valence-electron chi connectivity index (χ0n) is 14.1. The third kappa shape index (κ3) is 3.92. The normalized spacial score (nSPS) is 16.3. The van der Waals surface area contributed by atoms with Gasteiger partial charge in [0.05, 0.1) is 24.8 Å². The quantitative estimate of drug-likeness (QED) is 0.840. The summed E-state index contributed by atoms with van der Waals surface area (Å²) in [6.45, 7) is 0.726. The summed E-state index contributed by atoms with van der Waals surface area (Å²) in [4.78, 5) is 14.5. The van der Waals surface area contributed by atoms with Crippen molar-refractivity contribution in [3.8, 4) is 17.6 Å². The van der Waals surface area contributed by atoms with E-state index in [-0.39, 0.29) is 18.6 Å². The molecule has 2 aromatic rings. The Kier molecular flexibility index (Phi) is 5.20. The second-order valence-corrected chi connectivity index (χ2v) is 5.95. The lowest BCUT2D eigenvalue weighted by atomic mass is 10.0. The van der Waals surface area contributed by atoms with Crippen LogP contribution in [0.3, 0.4) is 0 Å². The molecule has 0 spiro atoms. The lowest BCUT2D eigenvalue weighted by Gasteiger charge is -2.25. The number of ether oxygens (including phenoxy) is 2. The summed E-state index contributed by atoms with van der Waals surface area (Å²) >= 11 is 0. The minimum absolute atomic E-state index is 0.00757. The third-order valence-electron chi connectivity index (χ3n) is 4.40. The first-order valence-corrected chi connectivity index (χ1v) is 8.27. The summed E-state index contributed by atoms with van der Waals surface area (Å²) in [7, 11) is 1.64. The smallest absolute Gasteiger partial charge is 0.261 e. The highest BCUT2D eigenvalue weighted by molar-refractivity contribution is 5.78. The van der Waals surface area contributed by atoms with E-state index in [9.17, 15) is 4.79 Å². The van der Waals surface area contributed by atoms with E-state index < -0.39 is 0 Å². The van der Waals surface area contributed by atoms with E-state index >= 15 is 0 Å². The summed E-state index contributed by atoms with van der Waals surface area (Å²) in [5.74, 6) is 1.35. The molecule has 1 aliphatic rings. The number of nitriles is 1. The van der Waals surface area contributed by atoms with Gasteiger partial charge in [0.1, 0.15) is 11.5 Å². The standard InChI is InChI=1S/C20H20N2O3/c1-24-18-5-2-4-16(12-18)19-6-3-11-22(19)20(23)14-25-17-9-7-15(13-21)8-10-17/h2,4-5,7-10,12,19H,3,6,11,14H2,1H3/t19-/m1/s1. The van der Waals surface area contributed by atoms with Gasteiger partial charge < -0.3 is 14.4 Å². The highest BCUT2D eigenvalue weighted by Crippen LogP contribution is 2.33. The van der Waals surface area contributed by atoms with Crippen LogP contribution < -0.4 is 9.47 Å². The largest absolute Gasteiger partial charge is 0.497 e. The Morgan fingerprint density at radius 1 is 1.24 bits per heavy atom. The number of rotatable bonds is 5. The van der Waals surface area contributed by atoms with Crippen molar-refractivity contribution in [2.45, 2.75) is 18.9 Å². The van der Waals surface area contributed by atoms with Crippen LogP contribution in [0.1, 0.15) is 30.0 Å². The van der Waals surface area contributed by atoms with Gasteiger partial charge in [-0.2, -0.15) is 5.26 Å². The molecule has 0 saturated carbocycles. The van der Waals surface area contributed by atoms with E-state index in [2.05, 4.69) is 6.07 Å². The van der Waals surface area contributed by atoms with Gasteiger partial charge in [0.2, 0.25) is 0 Å². The average molecular weight is 336 g/mol. The highest BCUT2D eigenvalue weighted by atomic mass is 16.5. The molecule has 1 amide bonds. The molecule has 2 aromatic carbocycles. The molecule has 1 heterocycles. The Morgan fingerprint density at radius 2 is 2.04 bits per heavy atom. The molecule has 128 valence electrons. The maximum absolute atomic E-state index is 12.6. The van der Waals surface area contributed by atoms with Gasteiger partial charge in [-0.1, -0.05) is 12.1 Å². The number of hydrogen-bond donors (Lipinski definition) is 0. The van der Waals surface area contributed by atoms with Gasteiger partial charge in [-0.3, -0.25) is 4.79 Å². The Hall–Kier alpha value is -3.00. The number of hydrogen-bond acceptors (Lipinski definition) is 4. The minimum atomic E-state index is -0.0327. The van der Waals surface area contributed by atoms with E-state index in [1.54, 1.807) is 31.4 Å². The van der Waals surface area contributed by atoms with Crippen molar-refractivity contribution in [3.05, 3.63) is 59.7 Å². The summed E-state index contributed by atoms with van der Waals surface area (Å²) < 4.78 is 10.9. The first kappa shape index (κ1) is 16.8. The molecule has 3 rings (SSSR count). The van der Waals surface area contributed by atoms with E-state index in [1.807, 2.05) is 29.2 Å². The van der Waals surface area contributed by atoms with Crippen molar-refractivity contribution in [2.75, 3.05) is 20.3 Å². The zero-order valence-corrected chi connectivity index (χ0v) is 14.1. The van der Waals surface area contributed by atoms with Crippen molar-refractivity contribution >= 4 is 5.91 Å². The van der Waals surface area contributed by atoms with Crippen molar-refractivity contribution in [2.24, 2.45) is 0 Å². The maximum atomic E-state index is 12.6. The molecule has 0 bridgehead atoms. The molecule has 0 unspecified atom stereocenters. The van der Waals surface area contributed by atoms with E-state index in [4.69, 9.17) is 14.7 Å². The number of methoxy groups -OCH3 is 1. The Labute approximate surface area is 147 Å². The van der Waals surface area contributed by atoms with Gasteiger partial charge >= 0.3 is 0 Å². The van der Waals surface area contributed by atoms with Crippen molar-refractivity contribution in [1.82, 2.24) is 4.90 Å². The lowest BCUT2D eigenvalue weighted by molar-refractivity contribution is -0.134. The van der Waals surface area contributed by atoms with Crippen LogP contribution in [0, 0.1) is 11.3 Å². The summed E-state index contributed by atoms with van der Waals surface area (Å²) in [5, 5.41) is 8.80. The molecule has 25 heavy (non-hydrogen) atoms. The van der Waals surface area contributed by atoms with E-state index in [0.29, 0.717) is 11.3 Å². The monoisotopic (exact) mass is 336 g/mol. The SMILES string of the molecule is COc1cccc([C@H]2CCCN2C(=O)COc2ccc(C#N)cc2)c1. The molecule has 0 aliphatic carbocycles. The van der Waals surface area contributed by atoms with E-state index in [1.165, 1.54) is 0 Å². The molecular formula is C20H20N2O3. The van der Waals surface area contributed by atoms with Crippen LogP contribution in [0.4, 0.5) is 0 Å². The maximum Gasteiger partial charge on any atom is 0.261 e. The fourth-order valence-corrected chi connectivity index (χ4v) is 3.11. The summed E-state index contributed by atoms with van der Waals surface area (Å²) in [6, 6.07) is 16.7. The van der Waals surface area contributed by atoms with Crippen LogP contribution in [-0.2, 0) is 4.79 Å². The predicted molar refractivity (Wildman–Crippen MR) is 93.3 cm³/mol. The molecule has 0 N–H and O–H groups in total. The Balaban J connectivity index is 1.65. The fourth-order valence-electron chi connectivity index (χ4n) is 3.11. The van der Waals surface area contributed by atoms with Crippen LogP contribution in [0.15, 0.2) is 48.5 Å². The molecule has 0 radical (unpaired) electrons. The molecule has 1 fully saturated rings.